The Kier molecular flexibility index (Phi) is 6.02. The Bertz CT molecular complexity index is 1650. The summed E-state index contributed by atoms with van der Waals surface area (Å²) in [6.45, 7) is 4.43. The van der Waals surface area contributed by atoms with Gasteiger partial charge in [-0.2, -0.15) is 0 Å². The fourth-order valence-electron chi connectivity index (χ4n) is 5.25. The zero-order valence-corrected chi connectivity index (χ0v) is 22.1. The van der Waals surface area contributed by atoms with E-state index in [1.54, 1.807) is 18.3 Å². The van der Waals surface area contributed by atoms with Gasteiger partial charge in [-0.25, -0.2) is 4.98 Å². The Hall–Kier alpha value is -3.75. The first-order chi connectivity index (χ1) is 16.9. The molecule has 5 heteroatoms. The molecular weight excluding hydrogens is 627 g/mol. The van der Waals surface area contributed by atoms with Gasteiger partial charge in [0.1, 0.15) is 11.5 Å². The normalized spacial score (nSPS) is 13.4. The molecule has 0 bridgehead atoms. The minimum absolute atomic E-state index is 0. The minimum Gasteiger partial charge on any atom is -0.507 e. The summed E-state index contributed by atoms with van der Waals surface area (Å²) < 4.78 is 0. The summed E-state index contributed by atoms with van der Waals surface area (Å²) in [5.74, 6) is 0.403. The van der Waals surface area contributed by atoms with Crippen LogP contribution < -0.4 is 0 Å². The predicted octanol–water partition coefficient (Wildman–Crippen LogP) is 7.37. The second-order valence-corrected chi connectivity index (χ2v) is 9.41. The number of fused-ring (bicyclic) bond motifs is 4. The number of aromatic nitrogens is 1. The van der Waals surface area contributed by atoms with Crippen molar-refractivity contribution in [2.75, 3.05) is 0 Å². The third-order valence-corrected chi connectivity index (χ3v) is 6.95. The van der Waals surface area contributed by atoms with E-state index in [1.165, 1.54) is 11.1 Å². The van der Waals surface area contributed by atoms with Crippen molar-refractivity contribution in [1.29, 1.82) is 0 Å². The molecule has 0 atom stereocenters. The zero-order chi connectivity index (χ0) is 24.2. The largest absolute Gasteiger partial charge is 0.507 e. The molecule has 180 valence electrons. The van der Waals surface area contributed by atoms with Crippen LogP contribution in [0.15, 0.2) is 96.0 Å². The third kappa shape index (κ3) is 3.73. The van der Waals surface area contributed by atoms with Crippen LogP contribution in [0.25, 0.3) is 33.2 Å². The summed E-state index contributed by atoms with van der Waals surface area (Å²) in [6.07, 6.45) is 1.70. The molecule has 0 radical (unpaired) electrons. The van der Waals surface area contributed by atoms with Crippen LogP contribution in [0.2, 0.25) is 0 Å². The summed E-state index contributed by atoms with van der Waals surface area (Å²) in [6, 6.07) is 29.1. The van der Waals surface area contributed by atoms with Crippen molar-refractivity contribution in [3.05, 3.63) is 108 Å². The Morgan fingerprint density at radius 3 is 2.31 bits per heavy atom. The predicted molar refractivity (Wildman–Crippen MR) is 142 cm³/mol. The number of phenols is 2. The maximum absolute atomic E-state index is 11.0. The van der Waals surface area contributed by atoms with Gasteiger partial charge in [-0.15, -0.1) is 0 Å². The quantitative estimate of drug-likeness (QED) is 0.200. The number of hydrogen-bond acceptors (Lipinski definition) is 4. The number of rotatable bonds is 3. The van der Waals surface area contributed by atoms with E-state index in [4.69, 9.17) is 4.98 Å². The third-order valence-electron chi connectivity index (χ3n) is 6.95. The van der Waals surface area contributed by atoms with Crippen LogP contribution in [0.1, 0.15) is 30.7 Å². The van der Waals surface area contributed by atoms with Crippen LogP contribution in [0.4, 0.5) is 5.69 Å². The van der Waals surface area contributed by atoms with Gasteiger partial charge in [-0.3, -0.25) is 4.99 Å². The van der Waals surface area contributed by atoms with Gasteiger partial charge in [0.25, 0.3) is 0 Å². The number of pyridine rings is 1. The fraction of sp³-hybridized carbons (Fsp3) is 0.0968. The van der Waals surface area contributed by atoms with Crippen molar-refractivity contribution < 1.29 is 31.3 Å². The number of benzene rings is 4. The van der Waals surface area contributed by atoms with E-state index in [2.05, 4.69) is 37.0 Å². The average molecular weight is 652 g/mol. The van der Waals surface area contributed by atoms with Gasteiger partial charge in [-0.05, 0) is 58.0 Å². The Morgan fingerprint density at radius 2 is 1.47 bits per heavy atom. The monoisotopic (exact) mass is 651 g/mol. The summed E-state index contributed by atoms with van der Waals surface area (Å²) in [5, 5.41) is 23.0. The number of nitrogens with zero attached hydrogens (tertiary/aromatic N) is 2. The second-order valence-electron chi connectivity index (χ2n) is 9.41. The van der Waals surface area contributed by atoms with E-state index in [-0.39, 0.29) is 38.0 Å². The van der Waals surface area contributed by atoms with Gasteiger partial charge in [0.2, 0.25) is 0 Å². The van der Waals surface area contributed by atoms with E-state index < -0.39 is 0 Å². The Morgan fingerprint density at radius 1 is 0.722 bits per heavy atom. The van der Waals surface area contributed by atoms with Gasteiger partial charge in [0.15, 0.2) is 0 Å². The molecule has 0 saturated carbocycles. The van der Waals surface area contributed by atoms with Crippen molar-refractivity contribution in [3.63, 3.8) is 0 Å². The molecule has 1 heterocycles. The van der Waals surface area contributed by atoms with Crippen LogP contribution >= 0.6 is 0 Å². The van der Waals surface area contributed by atoms with Gasteiger partial charge < -0.3 is 10.2 Å². The van der Waals surface area contributed by atoms with Crippen molar-refractivity contribution >= 4 is 22.7 Å². The maximum atomic E-state index is 11.0. The minimum atomic E-state index is -0.163. The first-order valence-corrected chi connectivity index (χ1v) is 11.6. The summed E-state index contributed by atoms with van der Waals surface area (Å²) >= 11 is 0. The molecule has 6 rings (SSSR count). The molecule has 1 aliphatic carbocycles. The van der Waals surface area contributed by atoms with E-state index in [0.717, 1.165) is 22.1 Å². The summed E-state index contributed by atoms with van der Waals surface area (Å²) in [7, 11) is 0. The van der Waals surface area contributed by atoms with Crippen molar-refractivity contribution in [2.45, 2.75) is 19.3 Å². The molecule has 1 aromatic heterocycles. The van der Waals surface area contributed by atoms with Crippen LogP contribution in [-0.2, 0) is 26.5 Å². The first kappa shape index (κ1) is 24.0. The van der Waals surface area contributed by atoms with Gasteiger partial charge >= 0.3 is 0 Å². The topological polar surface area (TPSA) is 65.7 Å². The maximum Gasteiger partial charge on any atom is 0.125 e. The van der Waals surface area contributed by atoms with Crippen LogP contribution in [0.5, 0.6) is 11.5 Å². The van der Waals surface area contributed by atoms with E-state index in [1.807, 2.05) is 60.7 Å². The standard InChI is InChI=1S/C31H24N2O2.Pt/c1-31(2)22-12-4-3-11-21(22)29-23(31)16-17-27(35)30(29)25-14-7-10-20(33-25)18-32-24-13-5-8-19-9-6-15-26(34)28(19)24;/h3-18,34-35H,1-2H3;. The first-order valence-electron chi connectivity index (χ1n) is 11.6. The van der Waals surface area contributed by atoms with Gasteiger partial charge in [0.05, 0.1) is 28.9 Å². The Balaban J connectivity index is 0.00000267. The molecule has 0 amide bonds. The van der Waals surface area contributed by atoms with Crippen LogP contribution in [0.3, 0.4) is 0 Å². The molecular formula is C31H24N2O2Pt. The fourth-order valence-corrected chi connectivity index (χ4v) is 5.25. The smallest absolute Gasteiger partial charge is 0.125 e. The van der Waals surface area contributed by atoms with Crippen LogP contribution in [0, 0.1) is 0 Å². The van der Waals surface area contributed by atoms with E-state index >= 15 is 0 Å². The van der Waals surface area contributed by atoms with Crippen molar-refractivity contribution in [1.82, 2.24) is 4.98 Å². The average Bonchev–Trinajstić information content (AvgIpc) is 3.10. The zero-order valence-electron chi connectivity index (χ0n) is 19.8. The Labute approximate surface area is 224 Å². The SMILES string of the molecule is CC1(C)c2ccccc2-c2c1ccc(O)c2-c1cccc(C=Nc2cccc3cccc(O)c23)n1.[Pt]. The molecule has 0 aliphatic heterocycles. The number of aromatic hydroxyl groups is 2. The molecule has 1 aliphatic rings. The van der Waals surface area contributed by atoms with Crippen molar-refractivity contribution in [2.24, 2.45) is 4.99 Å². The summed E-state index contributed by atoms with van der Waals surface area (Å²) in [5.41, 5.74) is 7.19. The number of phenolic OH excluding ortho intramolecular Hbond substituents is 2. The number of hydrogen-bond donors (Lipinski definition) is 2. The second kappa shape index (κ2) is 9.04. The molecule has 5 aromatic rings. The molecule has 4 aromatic carbocycles. The number of aliphatic imine (C=N–C) groups is 1. The van der Waals surface area contributed by atoms with E-state index in [0.29, 0.717) is 22.5 Å². The van der Waals surface area contributed by atoms with Gasteiger partial charge in [0, 0.05) is 31.9 Å². The molecule has 0 unspecified atom stereocenters. The molecule has 36 heavy (non-hydrogen) atoms. The molecule has 2 N–H and O–H groups in total. The van der Waals surface area contributed by atoms with Crippen LogP contribution in [-0.4, -0.2) is 21.4 Å². The van der Waals surface area contributed by atoms with E-state index in [9.17, 15) is 10.2 Å². The molecule has 0 saturated heterocycles. The molecule has 0 spiro atoms. The molecule has 4 nitrogen and oxygen atoms in total. The summed E-state index contributed by atoms with van der Waals surface area (Å²) in [4.78, 5) is 9.49. The van der Waals surface area contributed by atoms with Gasteiger partial charge in [-0.1, -0.05) is 74.5 Å². The van der Waals surface area contributed by atoms with Crippen molar-refractivity contribution in [3.8, 4) is 33.9 Å². The molecule has 0 fully saturated rings.